The highest BCUT2D eigenvalue weighted by molar-refractivity contribution is 5.89. The van der Waals surface area contributed by atoms with E-state index in [-0.39, 0.29) is 61.5 Å². The molecular formula is C96H152O46. The van der Waals surface area contributed by atoms with Gasteiger partial charge in [0.2, 0.25) is 6.29 Å². The van der Waals surface area contributed by atoms with Crippen LogP contribution in [0.2, 0.25) is 0 Å². The van der Waals surface area contributed by atoms with Gasteiger partial charge in [-0.05, 0) is 145 Å². The van der Waals surface area contributed by atoms with Crippen LogP contribution in [-0.4, -0.2) is 455 Å². The summed E-state index contributed by atoms with van der Waals surface area (Å²) in [5.74, 6) is -4.83. The molecule has 50 atom stereocenters. The SMILES string of the molecule is C=CC(C)(O)CCC=C(CO)C(=O)OC1C(C)OC(OC(C)(C=C)CCC=C(CO)C(=O)OC2CC3(C(=O)OC4OC(CO)C(O)C(O)C4OC4OC(C)C(OC5OC(CO)C(O)C5O)C(OC5OC(CO)C(O)C(O)C5O)C4O)C(O)CC4(C)C(=CCC5C6(C)CCC(OC7OC(COC8OC(C)C(O)C(O)C8OC8OCC(O)C(O)C8O)C(O)C(O)C7O)C(C)(C)C6CCC54C)C3CC2(C)C)C(O)C1O. The van der Waals surface area contributed by atoms with E-state index >= 15 is 9.59 Å². The maximum Gasteiger partial charge on any atom is 0.336 e. The lowest BCUT2D eigenvalue weighted by Gasteiger charge is -2.72. The number of rotatable bonds is 34. The number of aliphatic hydroxyl groups is 25. The molecule has 4 saturated carbocycles. The Morgan fingerprint density at radius 1 is 0.451 bits per heavy atom. The number of carbonyl (C=O) groups is 3. The third-order valence-corrected chi connectivity index (χ3v) is 33.6. The van der Waals surface area contributed by atoms with Crippen molar-refractivity contribution in [3.63, 3.8) is 0 Å². The average Bonchev–Trinajstić information content (AvgIpc) is 0.732. The van der Waals surface area contributed by atoms with Crippen LogP contribution in [0.5, 0.6) is 0 Å². The first kappa shape index (κ1) is 115. The van der Waals surface area contributed by atoms with Crippen molar-refractivity contribution in [3.8, 4) is 0 Å². The van der Waals surface area contributed by atoms with Crippen LogP contribution >= 0.6 is 0 Å². The molecular weight excluding hydrogens is 1890 g/mol. The van der Waals surface area contributed by atoms with Crippen LogP contribution in [0.3, 0.4) is 0 Å². The van der Waals surface area contributed by atoms with Gasteiger partial charge in [0, 0.05) is 11.8 Å². The van der Waals surface area contributed by atoms with Gasteiger partial charge in [-0.2, -0.15) is 0 Å². The van der Waals surface area contributed by atoms with Crippen LogP contribution in [0.25, 0.3) is 0 Å². The lowest BCUT2D eigenvalue weighted by molar-refractivity contribution is -0.390. The van der Waals surface area contributed by atoms with Crippen LogP contribution in [0.15, 0.2) is 60.3 Å². The largest absolute Gasteiger partial charge is 0.458 e. The van der Waals surface area contributed by atoms with Crippen molar-refractivity contribution >= 4 is 17.9 Å². The van der Waals surface area contributed by atoms with E-state index in [0.717, 1.165) is 0 Å². The number of allylic oxidation sites excluding steroid dienone is 4. The summed E-state index contributed by atoms with van der Waals surface area (Å²) < 4.78 is 110. The van der Waals surface area contributed by atoms with Crippen molar-refractivity contribution in [1.29, 1.82) is 0 Å². The Kier molecular flexibility index (Phi) is 36.5. The highest BCUT2D eigenvalue weighted by Crippen LogP contribution is 2.76. The Morgan fingerprint density at radius 2 is 0.930 bits per heavy atom. The minimum atomic E-state index is -2.29. The van der Waals surface area contributed by atoms with E-state index < -0.39 is 372 Å². The van der Waals surface area contributed by atoms with Gasteiger partial charge in [-0.1, -0.05) is 84.4 Å². The summed E-state index contributed by atoms with van der Waals surface area (Å²) in [6.07, 6.45) is -62.4. The van der Waals surface area contributed by atoms with E-state index in [2.05, 4.69) is 33.1 Å². The predicted molar refractivity (Wildman–Crippen MR) is 478 cm³/mol. The third-order valence-electron chi connectivity index (χ3n) is 33.6. The van der Waals surface area contributed by atoms with Crippen molar-refractivity contribution < 1.29 is 227 Å². The summed E-state index contributed by atoms with van der Waals surface area (Å²) >= 11 is 0. The van der Waals surface area contributed by atoms with E-state index in [9.17, 15) is 132 Å². The molecule has 50 unspecified atom stereocenters. The summed E-state index contributed by atoms with van der Waals surface area (Å²) in [6.45, 7) is 23.2. The summed E-state index contributed by atoms with van der Waals surface area (Å²) in [7, 11) is 0. The Labute approximate surface area is 821 Å². The molecule has 8 aliphatic heterocycles. The molecule has 0 bridgehead atoms. The van der Waals surface area contributed by atoms with Crippen LogP contribution in [0, 0.1) is 50.2 Å². The second-order valence-electron chi connectivity index (χ2n) is 43.4. The van der Waals surface area contributed by atoms with Gasteiger partial charge >= 0.3 is 17.9 Å². The van der Waals surface area contributed by atoms with E-state index in [1.807, 2.05) is 20.8 Å². The molecule has 46 nitrogen and oxygen atoms in total. The molecule has 0 aromatic rings. The maximum absolute atomic E-state index is 16.8. The van der Waals surface area contributed by atoms with Crippen molar-refractivity contribution in [2.24, 2.45) is 50.2 Å². The van der Waals surface area contributed by atoms with Gasteiger partial charge in [0.05, 0.1) is 99.1 Å². The van der Waals surface area contributed by atoms with Gasteiger partial charge in [-0.3, -0.25) is 4.79 Å². The number of carbonyl (C=O) groups excluding carboxylic acids is 3. The quantitative estimate of drug-likeness (QED) is 0.00937. The fraction of sp³-hybridized carbons (Fsp3) is 0.865. The Morgan fingerprint density at radius 3 is 1.53 bits per heavy atom. The highest BCUT2D eigenvalue weighted by Gasteiger charge is 2.74. The van der Waals surface area contributed by atoms with Gasteiger partial charge in [0.1, 0.15) is 164 Å². The Balaban J connectivity index is 0.777. The monoisotopic (exact) mass is 2040 g/mol. The smallest absolute Gasteiger partial charge is 0.336 e. The molecule has 0 spiro atoms. The number of fused-ring (bicyclic) bond motifs is 7. The number of esters is 3. The van der Waals surface area contributed by atoms with Crippen molar-refractivity contribution in [2.45, 2.75) is 423 Å². The highest BCUT2D eigenvalue weighted by atomic mass is 16.8. The zero-order valence-corrected chi connectivity index (χ0v) is 81.9. The lowest BCUT2D eigenvalue weighted by atomic mass is 9.33. The fourth-order valence-corrected chi connectivity index (χ4v) is 24.3. The summed E-state index contributed by atoms with van der Waals surface area (Å²) in [4.78, 5) is 45.3. The molecule has 0 radical (unpaired) electrons. The van der Waals surface area contributed by atoms with Crippen molar-refractivity contribution in [3.05, 3.63) is 60.3 Å². The minimum absolute atomic E-state index is 0.0536. The van der Waals surface area contributed by atoms with Crippen molar-refractivity contribution in [1.82, 2.24) is 0 Å². The zero-order valence-electron chi connectivity index (χ0n) is 81.9. The molecule has 25 N–H and O–H groups in total. The molecule has 13 aliphatic rings. The van der Waals surface area contributed by atoms with Crippen LogP contribution in [0.4, 0.5) is 0 Å². The number of aliphatic hydroxyl groups excluding tert-OH is 24. The first-order valence-electron chi connectivity index (χ1n) is 49.0. The first-order valence-corrected chi connectivity index (χ1v) is 49.0. The lowest BCUT2D eigenvalue weighted by Crippen LogP contribution is -2.70. The molecule has 0 aromatic carbocycles. The average molecular weight is 2040 g/mol. The van der Waals surface area contributed by atoms with Crippen LogP contribution in [-0.2, 0) is 99.6 Å². The predicted octanol–water partition coefficient (Wildman–Crippen LogP) is -6.06. The Hall–Kier alpha value is -4.49. The van der Waals surface area contributed by atoms with Crippen LogP contribution < -0.4 is 0 Å². The summed E-state index contributed by atoms with van der Waals surface area (Å²) in [5.41, 5.74) is -9.07. The normalized spacial score (nSPS) is 48.5. The first-order chi connectivity index (χ1) is 66.6. The van der Waals surface area contributed by atoms with E-state index in [1.54, 1.807) is 20.8 Å². The van der Waals surface area contributed by atoms with E-state index in [0.29, 0.717) is 37.7 Å². The second kappa shape index (κ2) is 45.2. The standard InChI is InChI=1S/C96H152O46/c1-15-91(10,124)25-17-19-43(33-98)79(122)136-73-40(4)129-85(71(119)66(73)114)142-92(11,16-2)26-18-20-42(32-97)78(121)134-55-31-96(88(123)141-87-77(65(113)59(107)48(35-100)132-87)140-84-72(120)75(138-83-70(118)62(110)58(106)47(34-99)130-83)74(41(5)128-84)137-82-68(116)60(108)49(36-101)131-82)45(29-89(55,6)7)44-21-22-52-93(12)27-24-54(90(8,9)51(93)23-28-94(52,13)95(44,14)30-53(96)103)135-81-69(117)63(111)61(109)50(133-81)38-126-86-76(64(112)56(104)39(3)127-86)139-80-67(115)57(105)46(102)37-125-80/h15-16,19-21,39-41,45-77,80-87,97-120,124H,1-2,17-18,22-38H2,3-14H3. The summed E-state index contributed by atoms with van der Waals surface area (Å²) in [5, 5.41) is 279. The van der Waals surface area contributed by atoms with E-state index in [1.165, 1.54) is 52.0 Å². The molecule has 12 fully saturated rings. The number of hydrogen-bond donors (Lipinski definition) is 25. The van der Waals surface area contributed by atoms with Gasteiger partial charge in [-0.25, -0.2) is 9.59 Å². The number of hydrogen-bond acceptors (Lipinski definition) is 46. The number of ether oxygens (including phenoxy) is 18. The molecule has 13 rings (SSSR count). The van der Waals surface area contributed by atoms with Gasteiger partial charge in [0.25, 0.3) is 0 Å². The third kappa shape index (κ3) is 22.0. The molecule has 142 heavy (non-hydrogen) atoms. The van der Waals surface area contributed by atoms with Gasteiger partial charge < -0.3 is 213 Å². The van der Waals surface area contributed by atoms with Gasteiger partial charge in [0.15, 0.2) is 56.2 Å². The van der Waals surface area contributed by atoms with Crippen LogP contribution in [0.1, 0.15) is 160 Å². The molecule has 46 heteroatoms. The van der Waals surface area contributed by atoms with Gasteiger partial charge in [-0.15, -0.1) is 13.2 Å². The van der Waals surface area contributed by atoms with E-state index in [4.69, 9.17) is 85.3 Å². The van der Waals surface area contributed by atoms with Crippen molar-refractivity contribution in [2.75, 3.05) is 46.2 Å². The maximum atomic E-state index is 16.8. The zero-order chi connectivity index (χ0) is 105. The molecule has 8 saturated heterocycles. The topological polar surface area (TPSA) is 723 Å². The molecule has 0 amide bonds. The molecule has 0 aromatic heterocycles. The molecule has 5 aliphatic carbocycles. The fourth-order valence-electron chi connectivity index (χ4n) is 24.3. The minimum Gasteiger partial charge on any atom is -0.458 e. The molecule has 812 valence electrons. The molecule has 8 heterocycles. The second-order valence-corrected chi connectivity index (χ2v) is 43.4. The summed E-state index contributed by atoms with van der Waals surface area (Å²) in [6, 6.07) is 0. The Bertz CT molecular complexity index is 4350.